The summed E-state index contributed by atoms with van der Waals surface area (Å²) in [6.07, 6.45) is 4.19. The third kappa shape index (κ3) is 4.55. The minimum absolute atomic E-state index is 0.427. The van der Waals surface area contributed by atoms with Gasteiger partial charge in [0.05, 0.1) is 11.2 Å². The summed E-state index contributed by atoms with van der Waals surface area (Å²) in [5.74, 6) is 0.716. The van der Waals surface area contributed by atoms with Gasteiger partial charge in [0.15, 0.2) is 0 Å². The maximum atomic E-state index is 4.33. The van der Waals surface area contributed by atoms with Crippen LogP contribution in [0.3, 0.4) is 0 Å². The molecular formula is C15H27N3S. The van der Waals surface area contributed by atoms with Crippen molar-refractivity contribution in [2.75, 3.05) is 26.2 Å². The van der Waals surface area contributed by atoms with E-state index in [0.29, 0.717) is 12.0 Å². The fourth-order valence-electron chi connectivity index (χ4n) is 2.84. The number of aryl methyl sites for hydroxylation is 1. The van der Waals surface area contributed by atoms with Gasteiger partial charge in [-0.25, -0.2) is 4.98 Å². The molecule has 0 saturated carbocycles. The summed E-state index contributed by atoms with van der Waals surface area (Å²) >= 11 is 1.76. The van der Waals surface area contributed by atoms with E-state index >= 15 is 0 Å². The lowest BCUT2D eigenvalue weighted by atomic mass is 10.1. The normalized spacial score (nSPS) is 20.4. The van der Waals surface area contributed by atoms with E-state index in [2.05, 4.69) is 36.0 Å². The number of thiazole rings is 1. The molecule has 2 unspecified atom stereocenters. The Bertz CT molecular complexity index is 371. The second-order valence-electron chi connectivity index (χ2n) is 5.90. The average Bonchev–Trinajstić information content (AvgIpc) is 2.83. The monoisotopic (exact) mass is 281 g/mol. The highest BCUT2D eigenvalue weighted by Crippen LogP contribution is 2.21. The van der Waals surface area contributed by atoms with Crippen LogP contribution in [-0.4, -0.2) is 36.1 Å². The molecule has 1 fully saturated rings. The molecule has 0 amide bonds. The summed E-state index contributed by atoms with van der Waals surface area (Å²) in [6.45, 7) is 11.6. The Balaban J connectivity index is 1.71. The van der Waals surface area contributed by atoms with Gasteiger partial charge in [0.25, 0.3) is 0 Å². The Morgan fingerprint density at radius 1 is 1.32 bits per heavy atom. The van der Waals surface area contributed by atoms with Gasteiger partial charge in [-0.1, -0.05) is 13.3 Å². The highest BCUT2D eigenvalue weighted by atomic mass is 32.1. The van der Waals surface area contributed by atoms with Gasteiger partial charge in [-0.05, 0) is 52.2 Å². The maximum Gasteiger partial charge on any atom is 0.0798 e. The quantitative estimate of drug-likeness (QED) is 0.868. The third-order valence-corrected chi connectivity index (χ3v) is 5.08. The number of likely N-dealkylation sites (tertiary alicyclic amines) is 1. The van der Waals surface area contributed by atoms with Crippen molar-refractivity contribution in [3.63, 3.8) is 0 Å². The van der Waals surface area contributed by atoms with Crippen molar-refractivity contribution in [3.05, 3.63) is 16.1 Å². The van der Waals surface area contributed by atoms with Crippen LogP contribution in [0.1, 0.15) is 49.7 Å². The molecule has 108 valence electrons. The predicted molar refractivity (Wildman–Crippen MR) is 82.7 cm³/mol. The smallest absolute Gasteiger partial charge is 0.0798 e. The molecular weight excluding hydrogens is 254 g/mol. The van der Waals surface area contributed by atoms with Crippen molar-refractivity contribution in [1.82, 2.24) is 15.2 Å². The van der Waals surface area contributed by atoms with E-state index in [0.717, 1.165) is 6.54 Å². The first kappa shape index (κ1) is 14.9. The Hall–Kier alpha value is -0.450. The number of hydrogen-bond acceptors (Lipinski definition) is 4. The van der Waals surface area contributed by atoms with E-state index in [4.69, 9.17) is 0 Å². The molecule has 2 rings (SSSR count). The van der Waals surface area contributed by atoms with E-state index in [-0.39, 0.29) is 0 Å². The summed E-state index contributed by atoms with van der Waals surface area (Å²) in [6, 6.07) is 0.427. The largest absolute Gasteiger partial charge is 0.309 e. The lowest BCUT2D eigenvalue weighted by molar-refractivity contribution is 0.197. The van der Waals surface area contributed by atoms with Crippen LogP contribution in [0.15, 0.2) is 5.51 Å². The first-order chi connectivity index (χ1) is 9.16. The van der Waals surface area contributed by atoms with Crippen molar-refractivity contribution in [2.45, 2.75) is 46.1 Å². The Kier molecular flexibility index (Phi) is 5.79. The van der Waals surface area contributed by atoms with E-state index in [1.807, 2.05) is 5.51 Å². The SMILES string of the molecule is Cc1ncsc1C(C)NCC(C)CN1CCCCC1. The van der Waals surface area contributed by atoms with Crippen LogP contribution < -0.4 is 5.32 Å². The fraction of sp³-hybridized carbons (Fsp3) is 0.800. The minimum atomic E-state index is 0.427. The van der Waals surface area contributed by atoms with Crippen LogP contribution in [-0.2, 0) is 0 Å². The Labute approximate surface area is 121 Å². The molecule has 2 heterocycles. The Morgan fingerprint density at radius 3 is 2.68 bits per heavy atom. The second kappa shape index (κ2) is 7.36. The topological polar surface area (TPSA) is 28.2 Å². The zero-order valence-electron chi connectivity index (χ0n) is 12.5. The van der Waals surface area contributed by atoms with E-state index in [1.165, 1.54) is 49.5 Å². The summed E-state index contributed by atoms with van der Waals surface area (Å²) in [5.41, 5.74) is 3.12. The van der Waals surface area contributed by atoms with Crippen molar-refractivity contribution in [2.24, 2.45) is 5.92 Å². The number of rotatable bonds is 6. The van der Waals surface area contributed by atoms with Crippen LogP contribution in [0.5, 0.6) is 0 Å². The summed E-state index contributed by atoms with van der Waals surface area (Å²) < 4.78 is 0. The number of aromatic nitrogens is 1. The lowest BCUT2D eigenvalue weighted by Gasteiger charge is -2.29. The molecule has 3 nitrogen and oxygen atoms in total. The van der Waals surface area contributed by atoms with Gasteiger partial charge < -0.3 is 10.2 Å². The molecule has 19 heavy (non-hydrogen) atoms. The predicted octanol–water partition coefficient (Wildman–Crippen LogP) is 3.22. The molecule has 0 aliphatic carbocycles. The fourth-order valence-corrected chi connectivity index (χ4v) is 3.68. The first-order valence-electron chi connectivity index (χ1n) is 7.52. The third-order valence-electron chi connectivity index (χ3n) is 3.97. The minimum Gasteiger partial charge on any atom is -0.309 e. The van der Waals surface area contributed by atoms with Gasteiger partial charge >= 0.3 is 0 Å². The molecule has 1 N–H and O–H groups in total. The number of piperidine rings is 1. The zero-order valence-corrected chi connectivity index (χ0v) is 13.3. The van der Waals surface area contributed by atoms with Gasteiger partial charge in [0.2, 0.25) is 0 Å². The number of hydrogen-bond donors (Lipinski definition) is 1. The maximum absolute atomic E-state index is 4.33. The van der Waals surface area contributed by atoms with Crippen LogP contribution in [0.25, 0.3) is 0 Å². The molecule has 0 bridgehead atoms. The van der Waals surface area contributed by atoms with E-state index in [1.54, 1.807) is 11.3 Å². The van der Waals surface area contributed by atoms with Gasteiger partial charge in [-0.3, -0.25) is 0 Å². The lowest BCUT2D eigenvalue weighted by Crippen LogP contribution is -2.37. The first-order valence-corrected chi connectivity index (χ1v) is 8.40. The molecule has 0 aromatic carbocycles. The van der Waals surface area contributed by atoms with Crippen LogP contribution in [0, 0.1) is 12.8 Å². The molecule has 1 aromatic heterocycles. The summed E-state index contributed by atoms with van der Waals surface area (Å²) in [7, 11) is 0. The average molecular weight is 281 g/mol. The van der Waals surface area contributed by atoms with Gasteiger partial charge in [0, 0.05) is 17.5 Å². The van der Waals surface area contributed by atoms with Crippen molar-refractivity contribution >= 4 is 11.3 Å². The van der Waals surface area contributed by atoms with Gasteiger partial charge in [0.1, 0.15) is 0 Å². The molecule has 1 aliphatic heterocycles. The molecule has 0 radical (unpaired) electrons. The Morgan fingerprint density at radius 2 is 2.05 bits per heavy atom. The van der Waals surface area contributed by atoms with Crippen LogP contribution in [0.4, 0.5) is 0 Å². The summed E-state index contributed by atoms with van der Waals surface area (Å²) in [5, 5.41) is 3.66. The molecule has 1 saturated heterocycles. The van der Waals surface area contributed by atoms with E-state index in [9.17, 15) is 0 Å². The van der Waals surface area contributed by atoms with Crippen molar-refractivity contribution in [1.29, 1.82) is 0 Å². The summed E-state index contributed by atoms with van der Waals surface area (Å²) in [4.78, 5) is 8.33. The number of nitrogens with zero attached hydrogens (tertiary/aromatic N) is 2. The number of nitrogens with one attached hydrogen (secondary N) is 1. The molecule has 2 atom stereocenters. The van der Waals surface area contributed by atoms with Gasteiger partial charge in [-0.2, -0.15) is 0 Å². The standard InChI is InChI=1S/C15H27N3S/c1-12(10-18-7-5-4-6-8-18)9-16-13(2)15-14(3)17-11-19-15/h11-13,16H,4-10H2,1-3H3. The van der Waals surface area contributed by atoms with Crippen LogP contribution in [0.2, 0.25) is 0 Å². The van der Waals surface area contributed by atoms with E-state index < -0.39 is 0 Å². The molecule has 1 aromatic rings. The zero-order chi connectivity index (χ0) is 13.7. The van der Waals surface area contributed by atoms with Crippen LogP contribution >= 0.6 is 11.3 Å². The molecule has 1 aliphatic rings. The molecule has 4 heteroatoms. The molecule has 0 spiro atoms. The van der Waals surface area contributed by atoms with Gasteiger partial charge in [-0.15, -0.1) is 11.3 Å². The second-order valence-corrected chi connectivity index (χ2v) is 6.78. The van der Waals surface area contributed by atoms with Crippen molar-refractivity contribution < 1.29 is 0 Å². The van der Waals surface area contributed by atoms with Crippen molar-refractivity contribution in [3.8, 4) is 0 Å². The highest BCUT2D eigenvalue weighted by molar-refractivity contribution is 7.09. The highest BCUT2D eigenvalue weighted by Gasteiger charge is 2.15.